The van der Waals surface area contributed by atoms with Gasteiger partial charge in [0.25, 0.3) is 5.91 Å². The first-order valence-corrected chi connectivity index (χ1v) is 14.1. The van der Waals surface area contributed by atoms with Gasteiger partial charge in [-0.25, -0.2) is 0 Å². The molecule has 0 bridgehead atoms. The van der Waals surface area contributed by atoms with E-state index in [1.165, 1.54) is 0 Å². The third kappa shape index (κ3) is 18.4. The molecule has 4 N–H and O–H groups in total. The molecule has 11 heteroatoms. The van der Waals surface area contributed by atoms with E-state index < -0.39 is 17.9 Å². The number of carbonyl (C=O) groups excluding carboxylic acids is 4. The fourth-order valence-corrected chi connectivity index (χ4v) is 3.48. The molecule has 0 fully saturated rings. The average Bonchev–Trinajstić information content (AvgIpc) is 2.93. The maximum atomic E-state index is 12.1. The van der Waals surface area contributed by atoms with Gasteiger partial charge in [0.2, 0.25) is 11.8 Å². The highest BCUT2D eigenvalue weighted by atomic mass is 16.5. The van der Waals surface area contributed by atoms with Crippen molar-refractivity contribution < 1.29 is 38.1 Å². The summed E-state index contributed by atoms with van der Waals surface area (Å²) in [5.41, 5.74) is 7.09. The lowest BCUT2D eigenvalue weighted by molar-refractivity contribution is -0.131. The normalized spacial score (nSPS) is 11.7. The van der Waals surface area contributed by atoms with Crippen LogP contribution in [0.1, 0.15) is 67.8 Å². The van der Waals surface area contributed by atoms with Gasteiger partial charge in [0, 0.05) is 31.7 Å². The first-order chi connectivity index (χ1) is 19.3. The third-order valence-electron chi connectivity index (χ3n) is 5.82. The van der Waals surface area contributed by atoms with Gasteiger partial charge < -0.3 is 35.3 Å². The van der Waals surface area contributed by atoms with Gasteiger partial charge in [-0.1, -0.05) is 31.0 Å². The number of unbranched alkanes of at least 4 members (excludes halogenated alkanes) is 2. The Labute approximate surface area is 237 Å². The van der Waals surface area contributed by atoms with Gasteiger partial charge in [0.15, 0.2) is 5.78 Å². The first kappa shape index (κ1) is 35.2. The van der Waals surface area contributed by atoms with Crippen molar-refractivity contribution in [3.8, 4) is 0 Å². The minimum atomic E-state index is -0.810. The molecule has 0 aliphatic rings. The summed E-state index contributed by atoms with van der Waals surface area (Å²) in [6.07, 6.45) is 4.64. The topological polar surface area (TPSA) is 155 Å². The van der Waals surface area contributed by atoms with Crippen LogP contribution < -0.4 is 16.4 Å². The lowest BCUT2D eigenvalue weighted by Gasteiger charge is -2.15. The molecule has 11 nitrogen and oxygen atoms in total. The minimum Gasteiger partial charge on any atom is -0.379 e. The predicted molar refractivity (Wildman–Crippen MR) is 151 cm³/mol. The van der Waals surface area contributed by atoms with Crippen LogP contribution in [-0.2, 0) is 33.3 Å². The lowest BCUT2D eigenvalue weighted by atomic mass is 10.1. The van der Waals surface area contributed by atoms with Crippen LogP contribution in [-0.4, -0.2) is 88.9 Å². The lowest BCUT2D eigenvalue weighted by Crippen LogP contribution is -2.45. The van der Waals surface area contributed by atoms with Crippen molar-refractivity contribution in [1.82, 2.24) is 10.6 Å². The zero-order valence-electron chi connectivity index (χ0n) is 24.0. The Hall–Kier alpha value is -2.86. The summed E-state index contributed by atoms with van der Waals surface area (Å²) in [4.78, 5) is 47.7. The number of Topliss-reactive ketones (excluding diaryl/α,β-unsaturated/α-hetero) is 1. The summed E-state index contributed by atoms with van der Waals surface area (Å²) in [6.45, 7) is 6.85. The van der Waals surface area contributed by atoms with Gasteiger partial charge in [0.05, 0.1) is 26.4 Å². The molecule has 0 saturated heterocycles. The minimum absolute atomic E-state index is 0.0149. The molecule has 1 atom stereocenters. The van der Waals surface area contributed by atoms with Crippen molar-refractivity contribution in [3.63, 3.8) is 0 Å². The summed E-state index contributed by atoms with van der Waals surface area (Å²) in [6, 6.07) is 6.48. The number of rotatable bonds is 25. The number of aryl methyl sites for hydroxylation is 1. The van der Waals surface area contributed by atoms with E-state index in [1.807, 2.05) is 19.1 Å². The molecule has 0 radical (unpaired) electrons. The monoisotopic (exact) mass is 565 g/mol. The van der Waals surface area contributed by atoms with E-state index in [0.29, 0.717) is 70.6 Å². The van der Waals surface area contributed by atoms with Gasteiger partial charge in [-0.15, -0.1) is 0 Å². The fraction of sp³-hybridized carbons (Fsp3) is 0.655. The Bertz CT molecular complexity index is 863. The zero-order chi connectivity index (χ0) is 29.4. The molecule has 3 amide bonds. The molecule has 0 saturated carbocycles. The van der Waals surface area contributed by atoms with E-state index in [-0.39, 0.29) is 38.1 Å². The zero-order valence-corrected chi connectivity index (χ0v) is 24.0. The van der Waals surface area contributed by atoms with Crippen LogP contribution >= 0.6 is 0 Å². The maximum Gasteiger partial charge on any atom is 0.251 e. The Balaban J connectivity index is 2.02. The first-order valence-electron chi connectivity index (χ1n) is 14.1. The van der Waals surface area contributed by atoms with Crippen LogP contribution in [0.25, 0.3) is 0 Å². The van der Waals surface area contributed by atoms with Gasteiger partial charge in [-0.2, -0.15) is 0 Å². The Kier molecular flexibility index (Phi) is 20.1. The second kappa shape index (κ2) is 22.9. The fourth-order valence-electron chi connectivity index (χ4n) is 3.48. The number of carbonyl (C=O) groups is 4. The number of ether oxygens (including phenoxy) is 4. The molecule has 1 aromatic rings. The van der Waals surface area contributed by atoms with E-state index in [9.17, 15) is 19.2 Å². The molecule has 1 unspecified atom stereocenters. The van der Waals surface area contributed by atoms with Crippen molar-refractivity contribution in [2.75, 3.05) is 59.4 Å². The van der Waals surface area contributed by atoms with Crippen LogP contribution in [0.15, 0.2) is 24.3 Å². The van der Waals surface area contributed by atoms with Crippen molar-refractivity contribution in [2.45, 2.75) is 64.8 Å². The van der Waals surface area contributed by atoms with E-state index >= 15 is 0 Å². The molecule has 0 aliphatic heterocycles. The highest BCUT2D eigenvalue weighted by Gasteiger charge is 2.17. The van der Waals surface area contributed by atoms with E-state index in [0.717, 1.165) is 18.4 Å². The molecule has 1 rings (SSSR count). The van der Waals surface area contributed by atoms with Crippen molar-refractivity contribution >= 4 is 23.5 Å². The largest absolute Gasteiger partial charge is 0.379 e. The molecular formula is C29H47N3O8. The summed E-state index contributed by atoms with van der Waals surface area (Å²) >= 11 is 0. The SMILES string of the molecule is CCCCOCCOCC(=O)CCCOCCOCC(=O)NC(CCCCNC(=O)c1ccc(C)cc1)C(N)=O. The molecule has 226 valence electrons. The number of nitrogens with one attached hydrogen (secondary N) is 2. The Morgan fingerprint density at radius 3 is 2.08 bits per heavy atom. The number of primary amides is 1. The van der Waals surface area contributed by atoms with Crippen LogP contribution in [0.4, 0.5) is 0 Å². The van der Waals surface area contributed by atoms with Crippen molar-refractivity contribution in [1.29, 1.82) is 0 Å². The van der Waals surface area contributed by atoms with Gasteiger partial charge in [0.1, 0.15) is 19.3 Å². The van der Waals surface area contributed by atoms with Crippen LogP contribution in [0.3, 0.4) is 0 Å². The number of amides is 3. The summed E-state index contributed by atoms with van der Waals surface area (Å²) in [5, 5.41) is 5.42. The highest BCUT2D eigenvalue weighted by Crippen LogP contribution is 2.04. The molecule has 1 aromatic carbocycles. The quantitative estimate of drug-likeness (QED) is 0.152. The Morgan fingerprint density at radius 1 is 0.800 bits per heavy atom. The van der Waals surface area contributed by atoms with Gasteiger partial charge in [-0.3, -0.25) is 19.2 Å². The predicted octanol–water partition coefficient (Wildman–Crippen LogP) is 2.08. The van der Waals surface area contributed by atoms with E-state index in [4.69, 9.17) is 24.7 Å². The van der Waals surface area contributed by atoms with Crippen LogP contribution in [0.2, 0.25) is 0 Å². The third-order valence-corrected chi connectivity index (χ3v) is 5.82. The summed E-state index contributed by atoms with van der Waals surface area (Å²) < 4.78 is 21.4. The number of nitrogens with two attached hydrogens (primary N) is 1. The van der Waals surface area contributed by atoms with E-state index in [2.05, 4.69) is 17.6 Å². The average molecular weight is 566 g/mol. The van der Waals surface area contributed by atoms with Crippen LogP contribution in [0.5, 0.6) is 0 Å². The van der Waals surface area contributed by atoms with Gasteiger partial charge in [-0.05, 0) is 51.2 Å². The van der Waals surface area contributed by atoms with E-state index in [1.54, 1.807) is 12.1 Å². The number of ketones is 1. The van der Waals surface area contributed by atoms with Crippen LogP contribution in [0, 0.1) is 6.92 Å². The molecule has 0 aliphatic carbocycles. The Morgan fingerprint density at radius 2 is 1.43 bits per heavy atom. The summed E-state index contributed by atoms with van der Waals surface area (Å²) in [5.74, 6) is -1.21. The van der Waals surface area contributed by atoms with Crippen molar-refractivity contribution in [2.24, 2.45) is 5.73 Å². The number of hydrogen-bond acceptors (Lipinski definition) is 8. The number of benzene rings is 1. The molecule has 40 heavy (non-hydrogen) atoms. The molecular weight excluding hydrogens is 518 g/mol. The molecule has 0 spiro atoms. The molecule has 0 aromatic heterocycles. The second-order valence-corrected chi connectivity index (χ2v) is 9.47. The van der Waals surface area contributed by atoms with Gasteiger partial charge >= 0.3 is 0 Å². The van der Waals surface area contributed by atoms with Crippen molar-refractivity contribution in [3.05, 3.63) is 35.4 Å². The summed E-state index contributed by atoms with van der Waals surface area (Å²) in [7, 11) is 0. The highest BCUT2D eigenvalue weighted by molar-refractivity contribution is 5.94. The molecule has 0 heterocycles. The standard InChI is InChI=1S/C29H47N3O8/c1-3-4-15-37-17-19-39-21-25(33)8-7-16-38-18-20-40-22-27(34)32-26(28(30)35)9-5-6-14-31-29(36)24-12-10-23(2)11-13-24/h10-13,26H,3-9,14-22H2,1-2H3,(H2,30,35)(H,31,36)(H,32,34). The second-order valence-electron chi connectivity index (χ2n) is 9.47. The smallest absolute Gasteiger partial charge is 0.251 e. The number of hydrogen-bond donors (Lipinski definition) is 3. The maximum absolute atomic E-state index is 12.1.